The van der Waals surface area contributed by atoms with Crippen molar-refractivity contribution in [2.24, 2.45) is 0 Å². The van der Waals surface area contributed by atoms with Crippen LogP contribution in [0.25, 0.3) is 0 Å². The van der Waals surface area contributed by atoms with Crippen LogP contribution in [-0.4, -0.2) is 25.3 Å². The van der Waals surface area contributed by atoms with Gasteiger partial charge >= 0.3 is 13.5 Å². The lowest BCUT2D eigenvalue weighted by atomic mass is 9.79. The van der Waals surface area contributed by atoms with Gasteiger partial charge in [-0.05, 0) is 23.6 Å². The van der Waals surface area contributed by atoms with Crippen molar-refractivity contribution < 1.29 is 19.0 Å². The Morgan fingerprint density at radius 3 is 2.76 bits per heavy atom. The first-order valence-electron chi connectivity index (χ1n) is 8.42. The second-order valence-corrected chi connectivity index (χ2v) is 5.99. The summed E-state index contributed by atoms with van der Waals surface area (Å²) in [6.45, 7) is 2.03. The first-order valence-corrected chi connectivity index (χ1v) is 8.42. The summed E-state index contributed by atoms with van der Waals surface area (Å²) in [7, 11) is 0.349. The maximum atomic E-state index is 12.4. The second kappa shape index (κ2) is 7.88. The summed E-state index contributed by atoms with van der Waals surface area (Å²) >= 11 is 0. The normalized spacial score (nSPS) is 15.3. The molecule has 0 spiro atoms. The Balaban J connectivity index is 1.68. The molecule has 128 valence electrons. The molecule has 1 heterocycles. The van der Waals surface area contributed by atoms with Crippen LogP contribution in [0.5, 0.6) is 5.75 Å². The van der Waals surface area contributed by atoms with Crippen LogP contribution in [0.3, 0.4) is 0 Å². The summed E-state index contributed by atoms with van der Waals surface area (Å²) in [5.74, 6) is 0.0744. The molecule has 2 aromatic carbocycles. The molecule has 1 amide bonds. The van der Waals surface area contributed by atoms with Crippen LogP contribution < -0.4 is 9.97 Å². The highest BCUT2D eigenvalue weighted by Crippen LogP contribution is 2.29. The number of hydrogen-bond donors (Lipinski definition) is 1. The molecule has 1 atom stereocenters. The first-order chi connectivity index (χ1) is 12.2. The molecule has 0 aliphatic carbocycles. The number of para-hydroxylation sites is 1. The minimum absolute atomic E-state index is 0.00419. The predicted molar refractivity (Wildman–Crippen MR) is 95.7 cm³/mol. The van der Waals surface area contributed by atoms with Crippen LogP contribution in [0.2, 0.25) is 0 Å². The number of carbonyl (C=O) groups is 2. The van der Waals surface area contributed by atoms with Gasteiger partial charge < -0.3 is 14.7 Å². The lowest BCUT2D eigenvalue weighted by Gasteiger charge is -2.26. The van der Waals surface area contributed by atoms with E-state index in [0.29, 0.717) is 31.6 Å². The third kappa shape index (κ3) is 4.21. The van der Waals surface area contributed by atoms with E-state index in [1.54, 1.807) is 6.07 Å². The number of amides is 1. The Kier molecular flexibility index (Phi) is 5.38. The van der Waals surface area contributed by atoms with Gasteiger partial charge in [0, 0.05) is 12.4 Å². The SMILES string of the molecule is CCC(=O)NC1BOc2c(cccc2C(=O)OCc2ccccc2)C1. The number of benzene rings is 2. The highest BCUT2D eigenvalue weighted by molar-refractivity contribution is 6.32. The number of rotatable bonds is 5. The molecule has 2 aromatic rings. The molecule has 0 saturated heterocycles. The highest BCUT2D eigenvalue weighted by atomic mass is 16.5. The summed E-state index contributed by atoms with van der Waals surface area (Å²) in [5, 5.41) is 2.92. The van der Waals surface area contributed by atoms with Crippen molar-refractivity contribution in [3.63, 3.8) is 0 Å². The molecule has 1 aliphatic rings. The second-order valence-electron chi connectivity index (χ2n) is 5.99. The Morgan fingerprint density at radius 2 is 2.00 bits per heavy atom. The van der Waals surface area contributed by atoms with Gasteiger partial charge in [0.2, 0.25) is 5.91 Å². The van der Waals surface area contributed by atoms with Crippen molar-refractivity contribution >= 4 is 19.4 Å². The average Bonchev–Trinajstić information content (AvgIpc) is 2.66. The number of hydrogen-bond acceptors (Lipinski definition) is 4. The van der Waals surface area contributed by atoms with Crippen LogP contribution >= 0.6 is 0 Å². The molecule has 0 bridgehead atoms. The lowest BCUT2D eigenvalue weighted by Crippen LogP contribution is -2.45. The van der Waals surface area contributed by atoms with E-state index in [9.17, 15) is 9.59 Å². The zero-order chi connectivity index (χ0) is 17.6. The van der Waals surface area contributed by atoms with E-state index in [4.69, 9.17) is 9.39 Å². The van der Waals surface area contributed by atoms with Crippen molar-refractivity contribution in [2.75, 3.05) is 0 Å². The molecule has 3 rings (SSSR count). The van der Waals surface area contributed by atoms with Crippen molar-refractivity contribution in [3.8, 4) is 5.75 Å². The number of carbonyl (C=O) groups excluding carboxylic acids is 2. The summed E-state index contributed by atoms with van der Waals surface area (Å²) in [6.07, 6.45) is 1.08. The lowest BCUT2D eigenvalue weighted by molar-refractivity contribution is -0.121. The van der Waals surface area contributed by atoms with Gasteiger partial charge in [-0.3, -0.25) is 4.79 Å². The molecule has 6 heteroatoms. The van der Waals surface area contributed by atoms with E-state index < -0.39 is 5.97 Å². The van der Waals surface area contributed by atoms with Crippen LogP contribution in [0.15, 0.2) is 48.5 Å². The average molecular weight is 337 g/mol. The van der Waals surface area contributed by atoms with Gasteiger partial charge in [0.25, 0.3) is 0 Å². The minimum Gasteiger partial charge on any atom is -0.561 e. The van der Waals surface area contributed by atoms with Crippen LogP contribution in [0, 0.1) is 0 Å². The topological polar surface area (TPSA) is 64.6 Å². The van der Waals surface area contributed by atoms with Crippen molar-refractivity contribution in [1.29, 1.82) is 0 Å². The largest absolute Gasteiger partial charge is 0.561 e. The van der Waals surface area contributed by atoms with Gasteiger partial charge in [-0.1, -0.05) is 49.4 Å². The van der Waals surface area contributed by atoms with E-state index in [1.165, 1.54) is 0 Å². The van der Waals surface area contributed by atoms with E-state index >= 15 is 0 Å². The monoisotopic (exact) mass is 337 g/mol. The van der Waals surface area contributed by atoms with Crippen molar-refractivity contribution in [1.82, 2.24) is 5.32 Å². The Labute approximate surface area is 147 Å². The summed E-state index contributed by atoms with van der Waals surface area (Å²) in [4.78, 5) is 24.0. The summed E-state index contributed by atoms with van der Waals surface area (Å²) < 4.78 is 11.2. The zero-order valence-corrected chi connectivity index (χ0v) is 14.2. The third-order valence-electron chi connectivity index (χ3n) is 4.11. The van der Waals surface area contributed by atoms with Gasteiger partial charge in [0.1, 0.15) is 17.9 Å². The molecular weight excluding hydrogens is 317 g/mol. The Hall–Kier alpha value is -2.76. The van der Waals surface area contributed by atoms with Gasteiger partial charge in [-0.2, -0.15) is 0 Å². The van der Waals surface area contributed by atoms with Crippen molar-refractivity contribution in [3.05, 3.63) is 65.2 Å². The van der Waals surface area contributed by atoms with E-state index in [-0.39, 0.29) is 18.5 Å². The number of nitrogens with one attached hydrogen (secondary N) is 1. The van der Waals surface area contributed by atoms with Crippen LogP contribution in [0.4, 0.5) is 0 Å². The Bertz CT molecular complexity index is 763. The molecule has 0 saturated carbocycles. The fourth-order valence-corrected chi connectivity index (χ4v) is 2.81. The standard InChI is InChI=1S/C19H20BNO4/c1-2-17(22)21-16-11-14-9-6-10-15(18(14)25-20-16)19(23)24-12-13-7-4-3-5-8-13/h3-10,16,20H,2,11-12H2,1H3,(H,21,22). The molecule has 25 heavy (non-hydrogen) atoms. The van der Waals surface area contributed by atoms with Gasteiger partial charge in [0.15, 0.2) is 0 Å². The molecule has 0 aromatic heterocycles. The molecule has 0 fully saturated rings. The maximum Gasteiger partial charge on any atom is 0.363 e. The molecule has 1 unspecified atom stereocenters. The molecule has 0 radical (unpaired) electrons. The Morgan fingerprint density at radius 1 is 1.20 bits per heavy atom. The highest BCUT2D eigenvalue weighted by Gasteiger charge is 2.27. The van der Waals surface area contributed by atoms with Crippen molar-refractivity contribution in [2.45, 2.75) is 32.3 Å². The fraction of sp³-hybridized carbons (Fsp3) is 0.263. The molecule has 1 N–H and O–H groups in total. The van der Waals surface area contributed by atoms with E-state index in [1.807, 2.05) is 49.4 Å². The third-order valence-corrected chi connectivity index (χ3v) is 4.11. The van der Waals surface area contributed by atoms with Gasteiger partial charge in [-0.15, -0.1) is 0 Å². The molecular formula is C19H20BNO4. The quantitative estimate of drug-likeness (QED) is 0.671. The number of ether oxygens (including phenoxy) is 1. The van der Waals surface area contributed by atoms with Crippen LogP contribution in [-0.2, 0) is 22.6 Å². The fourth-order valence-electron chi connectivity index (χ4n) is 2.81. The first kappa shape index (κ1) is 17.1. The molecule has 5 nitrogen and oxygen atoms in total. The van der Waals surface area contributed by atoms with E-state index in [0.717, 1.165) is 11.1 Å². The van der Waals surface area contributed by atoms with Gasteiger partial charge in [0.05, 0.1) is 0 Å². The summed E-state index contributed by atoms with van der Waals surface area (Å²) in [6, 6.07) is 15.0. The minimum atomic E-state index is -0.406. The zero-order valence-electron chi connectivity index (χ0n) is 14.2. The number of esters is 1. The summed E-state index contributed by atoms with van der Waals surface area (Å²) in [5.41, 5.74) is 2.26. The maximum absolute atomic E-state index is 12.4. The smallest absolute Gasteiger partial charge is 0.363 e. The molecule has 1 aliphatic heterocycles. The van der Waals surface area contributed by atoms with Crippen LogP contribution in [0.1, 0.15) is 34.8 Å². The van der Waals surface area contributed by atoms with E-state index in [2.05, 4.69) is 5.32 Å². The van der Waals surface area contributed by atoms with Gasteiger partial charge in [-0.25, -0.2) is 4.79 Å². The predicted octanol–water partition coefficient (Wildman–Crippen LogP) is 2.18. The number of fused-ring (bicyclic) bond motifs is 1.